The van der Waals surface area contributed by atoms with Crippen LogP contribution in [0.5, 0.6) is 0 Å². The number of ketones is 1. The van der Waals surface area contributed by atoms with Gasteiger partial charge in [0, 0.05) is 6.42 Å². The van der Waals surface area contributed by atoms with Crippen LogP contribution in [0.15, 0.2) is 11.8 Å². The van der Waals surface area contributed by atoms with Crippen LogP contribution in [0.4, 0.5) is 0 Å². The Hall–Kier alpha value is -0.790. The fraction of sp³-hybridized carbons (Fsp3) is 0.769. The monoisotopic (exact) mass is 208 g/mol. The maximum atomic E-state index is 11.9. The van der Waals surface area contributed by atoms with Crippen LogP contribution in [0.2, 0.25) is 0 Å². The minimum Gasteiger partial charge on any atom is -0.490 e. The molecule has 0 aromatic carbocycles. The predicted octanol–water partition coefficient (Wildman–Crippen LogP) is 3.22. The summed E-state index contributed by atoms with van der Waals surface area (Å²) in [6.45, 7) is 0.724. The van der Waals surface area contributed by atoms with Gasteiger partial charge in [0.15, 0.2) is 11.5 Å². The van der Waals surface area contributed by atoms with Crippen molar-refractivity contribution in [2.45, 2.75) is 51.4 Å². The van der Waals surface area contributed by atoms with Gasteiger partial charge in [0.2, 0.25) is 0 Å². The summed E-state index contributed by atoms with van der Waals surface area (Å²) in [4.78, 5) is 11.9. The molecule has 15 heavy (non-hydrogen) atoms. The fourth-order valence-electron chi connectivity index (χ4n) is 2.51. The molecular weight excluding hydrogens is 188 g/mol. The van der Waals surface area contributed by atoms with Gasteiger partial charge in [0.1, 0.15) is 0 Å². The molecule has 2 aliphatic rings. The van der Waals surface area contributed by atoms with E-state index >= 15 is 0 Å². The third-order valence-corrected chi connectivity index (χ3v) is 3.41. The topological polar surface area (TPSA) is 26.3 Å². The molecule has 0 atom stereocenters. The van der Waals surface area contributed by atoms with Gasteiger partial charge in [-0.2, -0.15) is 0 Å². The lowest BCUT2D eigenvalue weighted by Gasteiger charge is -2.22. The highest BCUT2D eigenvalue weighted by molar-refractivity contribution is 5.93. The smallest absolute Gasteiger partial charge is 0.197 e. The minimum absolute atomic E-state index is 0.238. The average Bonchev–Trinajstić information content (AvgIpc) is 2.31. The van der Waals surface area contributed by atoms with Crippen molar-refractivity contribution in [3.05, 3.63) is 11.8 Å². The lowest BCUT2D eigenvalue weighted by molar-refractivity contribution is -0.120. The van der Waals surface area contributed by atoms with E-state index in [9.17, 15) is 4.79 Å². The average molecular weight is 208 g/mol. The first kappa shape index (κ1) is 10.7. The molecule has 84 valence electrons. The number of hydrogen-bond acceptors (Lipinski definition) is 2. The summed E-state index contributed by atoms with van der Waals surface area (Å²) >= 11 is 0. The summed E-state index contributed by atoms with van der Waals surface area (Å²) in [7, 11) is 0. The van der Waals surface area contributed by atoms with Crippen molar-refractivity contribution in [2.75, 3.05) is 6.61 Å². The maximum absolute atomic E-state index is 11.9. The third kappa shape index (κ3) is 3.08. The first-order valence-electron chi connectivity index (χ1n) is 6.22. The second kappa shape index (κ2) is 5.34. The highest BCUT2D eigenvalue weighted by Gasteiger charge is 2.20. The molecule has 2 rings (SSSR count). The molecule has 1 heterocycles. The zero-order chi connectivity index (χ0) is 10.5. The number of carbonyl (C=O) groups excluding carboxylic acids is 1. The second-order valence-corrected chi connectivity index (χ2v) is 4.69. The number of ether oxygens (including phenoxy) is 1. The Bertz CT molecular complexity index is 249. The van der Waals surface area contributed by atoms with E-state index in [1.165, 1.54) is 32.1 Å². The van der Waals surface area contributed by atoms with Crippen LogP contribution in [0, 0.1) is 5.92 Å². The number of allylic oxidation sites excluding steroid dienone is 2. The Kier molecular flexibility index (Phi) is 3.81. The lowest BCUT2D eigenvalue weighted by atomic mass is 9.85. The van der Waals surface area contributed by atoms with E-state index in [2.05, 4.69) is 0 Å². The predicted molar refractivity (Wildman–Crippen MR) is 59.5 cm³/mol. The van der Waals surface area contributed by atoms with Crippen LogP contribution in [0.3, 0.4) is 0 Å². The SMILES string of the molecule is O=C(CC1CCCCC1)C1=CCCCO1. The molecular formula is C13H20O2. The van der Waals surface area contributed by atoms with Gasteiger partial charge in [-0.25, -0.2) is 0 Å². The Morgan fingerprint density at radius 1 is 1.27 bits per heavy atom. The Labute approximate surface area is 91.7 Å². The van der Waals surface area contributed by atoms with Gasteiger partial charge in [-0.3, -0.25) is 4.79 Å². The molecule has 0 aromatic rings. The summed E-state index contributed by atoms with van der Waals surface area (Å²) in [5, 5.41) is 0. The Morgan fingerprint density at radius 3 is 2.73 bits per heavy atom. The van der Waals surface area contributed by atoms with E-state index in [0.717, 1.165) is 19.4 Å². The molecule has 1 fully saturated rings. The van der Waals surface area contributed by atoms with Crippen molar-refractivity contribution in [2.24, 2.45) is 5.92 Å². The van der Waals surface area contributed by atoms with Crippen molar-refractivity contribution in [3.63, 3.8) is 0 Å². The van der Waals surface area contributed by atoms with Crippen molar-refractivity contribution in [3.8, 4) is 0 Å². The molecule has 0 N–H and O–H groups in total. The van der Waals surface area contributed by atoms with Crippen molar-refractivity contribution in [1.82, 2.24) is 0 Å². The zero-order valence-electron chi connectivity index (χ0n) is 9.34. The molecule has 2 nitrogen and oxygen atoms in total. The lowest BCUT2D eigenvalue weighted by Crippen LogP contribution is -2.16. The number of carbonyl (C=O) groups is 1. The van der Waals surface area contributed by atoms with Crippen LogP contribution < -0.4 is 0 Å². The summed E-state index contributed by atoms with van der Waals surface area (Å²) in [5.74, 6) is 1.51. The van der Waals surface area contributed by atoms with Crippen molar-refractivity contribution < 1.29 is 9.53 Å². The van der Waals surface area contributed by atoms with Gasteiger partial charge in [-0.15, -0.1) is 0 Å². The van der Waals surface area contributed by atoms with Crippen LogP contribution in [0.1, 0.15) is 51.4 Å². The maximum Gasteiger partial charge on any atom is 0.197 e. The number of hydrogen-bond donors (Lipinski definition) is 0. The van der Waals surface area contributed by atoms with Gasteiger partial charge >= 0.3 is 0 Å². The molecule has 0 radical (unpaired) electrons. The highest BCUT2D eigenvalue weighted by Crippen LogP contribution is 2.28. The van der Waals surface area contributed by atoms with Gasteiger partial charge in [-0.05, 0) is 24.8 Å². The van der Waals surface area contributed by atoms with Gasteiger partial charge in [0.25, 0.3) is 0 Å². The number of rotatable bonds is 3. The van der Waals surface area contributed by atoms with E-state index in [1.807, 2.05) is 6.08 Å². The Balaban J connectivity index is 1.82. The Morgan fingerprint density at radius 2 is 2.07 bits per heavy atom. The van der Waals surface area contributed by atoms with Crippen molar-refractivity contribution in [1.29, 1.82) is 0 Å². The molecule has 0 saturated heterocycles. The minimum atomic E-state index is 0.238. The van der Waals surface area contributed by atoms with Crippen LogP contribution >= 0.6 is 0 Å². The first-order chi connectivity index (χ1) is 7.36. The molecule has 2 heteroatoms. The van der Waals surface area contributed by atoms with E-state index in [1.54, 1.807) is 0 Å². The molecule has 0 aromatic heterocycles. The highest BCUT2D eigenvalue weighted by atomic mass is 16.5. The summed E-state index contributed by atoms with van der Waals surface area (Å²) in [5.41, 5.74) is 0. The molecule has 0 unspecified atom stereocenters. The summed E-state index contributed by atoms with van der Waals surface area (Å²) < 4.78 is 5.39. The summed E-state index contributed by atoms with van der Waals surface area (Å²) in [6.07, 6.45) is 11.2. The molecule has 1 aliphatic heterocycles. The fourth-order valence-corrected chi connectivity index (χ4v) is 2.51. The van der Waals surface area contributed by atoms with E-state index in [0.29, 0.717) is 18.1 Å². The van der Waals surface area contributed by atoms with E-state index < -0.39 is 0 Å². The largest absolute Gasteiger partial charge is 0.490 e. The van der Waals surface area contributed by atoms with Crippen molar-refractivity contribution >= 4 is 5.78 Å². The molecule has 0 spiro atoms. The van der Waals surface area contributed by atoms with Gasteiger partial charge in [-0.1, -0.05) is 32.1 Å². The van der Waals surface area contributed by atoms with Crippen LogP contribution in [-0.2, 0) is 9.53 Å². The second-order valence-electron chi connectivity index (χ2n) is 4.69. The van der Waals surface area contributed by atoms with E-state index in [-0.39, 0.29) is 5.78 Å². The quantitative estimate of drug-likeness (QED) is 0.711. The van der Waals surface area contributed by atoms with Gasteiger partial charge < -0.3 is 4.74 Å². The van der Waals surface area contributed by atoms with Gasteiger partial charge in [0.05, 0.1) is 6.61 Å². The molecule has 1 saturated carbocycles. The molecule has 0 bridgehead atoms. The molecule has 1 aliphatic carbocycles. The summed E-state index contributed by atoms with van der Waals surface area (Å²) in [6, 6.07) is 0. The van der Waals surface area contributed by atoms with E-state index in [4.69, 9.17) is 4.74 Å². The molecule has 0 amide bonds. The first-order valence-corrected chi connectivity index (χ1v) is 6.22. The zero-order valence-corrected chi connectivity index (χ0v) is 9.34. The standard InChI is InChI=1S/C13H20O2/c14-12(13-8-4-5-9-15-13)10-11-6-2-1-3-7-11/h8,11H,1-7,9-10H2. The number of Topliss-reactive ketones (excluding diaryl/α,β-unsaturated/α-hetero) is 1. The van der Waals surface area contributed by atoms with Crippen LogP contribution in [-0.4, -0.2) is 12.4 Å². The normalized spacial score (nSPS) is 23.1. The third-order valence-electron chi connectivity index (χ3n) is 3.41. The van der Waals surface area contributed by atoms with Crippen LogP contribution in [0.25, 0.3) is 0 Å².